The van der Waals surface area contributed by atoms with Crippen molar-refractivity contribution in [2.24, 2.45) is 4.99 Å². The van der Waals surface area contributed by atoms with Crippen LogP contribution >= 0.6 is 35.3 Å². The molecule has 0 fully saturated rings. The van der Waals surface area contributed by atoms with Crippen molar-refractivity contribution in [3.8, 4) is 11.5 Å². The summed E-state index contributed by atoms with van der Waals surface area (Å²) in [5.74, 6) is 2.27. The predicted octanol–water partition coefficient (Wildman–Crippen LogP) is 3.46. The van der Waals surface area contributed by atoms with Gasteiger partial charge in [0.2, 0.25) is 5.91 Å². The second kappa shape index (κ2) is 13.5. The van der Waals surface area contributed by atoms with Crippen LogP contribution in [0.5, 0.6) is 11.5 Å². The molecular weight excluding hydrogens is 539 g/mol. The number of fused-ring (bicyclic) bond motifs is 1. The van der Waals surface area contributed by atoms with Crippen LogP contribution in [0.4, 0.5) is 0 Å². The highest BCUT2D eigenvalue weighted by atomic mass is 127. The van der Waals surface area contributed by atoms with Gasteiger partial charge in [-0.05, 0) is 60.9 Å². The van der Waals surface area contributed by atoms with Crippen LogP contribution in [0.2, 0.25) is 0 Å². The Labute approximate surface area is 211 Å². The minimum absolute atomic E-state index is 0. The lowest BCUT2D eigenvalue weighted by Gasteiger charge is -2.27. The van der Waals surface area contributed by atoms with Crippen molar-refractivity contribution in [3.63, 3.8) is 0 Å². The third-order valence-corrected chi connectivity index (χ3v) is 6.28. The lowest BCUT2D eigenvalue weighted by Crippen LogP contribution is -2.46. The van der Waals surface area contributed by atoms with Crippen molar-refractivity contribution in [3.05, 3.63) is 45.6 Å². The van der Waals surface area contributed by atoms with E-state index in [9.17, 15) is 4.79 Å². The highest BCUT2D eigenvalue weighted by Gasteiger charge is 2.21. The number of thiophene rings is 1. The molecule has 0 bridgehead atoms. The van der Waals surface area contributed by atoms with E-state index in [1.807, 2.05) is 24.0 Å². The van der Waals surface area contributed by atoms with Crippen molar-refractivity contribution in [2.45, 2.75) is 32.7 Å². The first-order valence-corrected chi connectivity index (χ1v) is 11.6. The first-order chi connectivity index (χ1) is 15.1. The van der Waals surface area contributed by atoms with E-state index in [2.05, 4.69) is 33.1 Å². The van der Waals surface area contributed by atoms with E-state index in [0.717, 1.165) is 43.9 Å². The fourth-order valence-corrected chi connectivity index (χ4v) is 4.49. The first-order valence-electron chi connectivity index (χ1n) is 10.7. The van der Waals surface area contributed by atoms with Gasteiger partial charge in [0.05, 0.1) is 20.3 Å². The van der Waals surface area contributed by atoms with Crippen LogP contribution in [0.3, 0.4) is 0 Å². The van der Waals surface area contributed by atoms with Crippen molar-refractivity contribution in [1.82, 2.24) is 15.5 Å². The Kier molecular flexibility index (Phi) is 11.1. The minimum Gasteiger partial charge on any atom is -0.493 e. The van der Waals surface area contributed by atoms with Crippen LogP contribution in [0.25, 0.3) is 0 Å². The Balaban J connectivity index is 0.00000363. The van der Waals surface area contributed by atoms with E-state index in [0.29, 0.717) is 19.1 Å². The largest absolute Gasteiger partial charge is 0.493 e. The van der Waals surface area contributed by atoms with Gasteiger partial charge in [-0.1, -0.05) is 6.07 Å². The molecule has 2 N–H and O–H groups in total. The summed E-state index contributed by atoms with van der Waals surface area (Å²) in [7, 11) is 3.37. The molecule has 176 valence electrons. The lowest BCUT2D eigenvalue weighted by atomic mass is 10.1. The zero-order chi connectivity index (χ0) is 22.1. The van der Waals surface area contributed by atoms with Crippen LogP contribution in [0.1, 0.15) is 29.3 Å². The van der Waals surface area contributed by atoms with E-state index in [4.69, 9.17) is 9.47 Å². The standard InChI is InChI=1S/C23H32N4O3S.HI/c1-4-30-20-14-17(7-8-19(20)29-3)6-5-11-25-23(24-2)26-15-22(28)27-12-9-21-18(16-27)10-13-31-21;/h7-8,10,13-14H,4-6,9,11-12,15-16H2,1-3H3,(H2,24,25,26);1H. The average Bonchev–Trinajstić information content (AvgIpc) is 3.26. The van der Waals surface area contributed by atoms with Gasteiger partial charge in [0.1, 0.15) is 0 Å². The molecule has 9 heteroatoms. The summed E-state index contributed by atoms with van der Waals surface area (Å²) in [6.45, 7) is 5.06. The number of methoxy groups -OCH3 is 1. The number of halogens is 1. The van der Waals surface area contributed by atoms with Gasteiger partial charge in [-0.3, -0.25) is 9.79 Å². The zero-order valence-electron chi connectivity index (χ0n) is 19.0. The highest BCUT2D eigenvalue weighted by molar-refractivity contribution is 14.0. The molecule has 2 heterocycles. The van der Waals surface area contributed by atoms with Crippen molar-refractivity contribution < 1.29 is 14.3 Å². The molecule has 0 saturated carbocycles. The van der Waals surface area contributed by atoms with E-state index in [1.165, 1.54) is 16.0 Å². The second-order valence-corrected chi connectivity index (χ2v) is 8.31. The average molecular weight is 573 g/mol. The molecule has 0 radical (unpaired) electrons. The van der Waals surface area contributed by atoms with Crippen LogP contribution in [0.15, 0.2) is 34.6 Å². The minimum atomic E-state index is 0. The summed E-state index contributed by atoms with van der Waals surface area (Å²) < 4.78 is 11.0. The summed E-state index contributed by atoms with van der Waals surface area (Å²) in [5.41, 5.74) is 2.47. The number of hydrogen-bond donors (Lipinski definition) is 2. The number of amides is 1. The number of carbonyl (C=O) groups is 1. The Hall–Kier alpha value is -2.01. The lowest BCUT2D eigenvalue weighted by molar-refractivity contribution is -0.130. The zero-order valence-corrected chi connectivity index (χ0v) is 22.1. The number of rotatable bonds is 9. The topological polar surface area (TPSA) is 75.2 Å². The Morgan fingerprint density at radius 2 is 2.09 bits per heavy atom. The molecule has 7 nitrogen and oxygen atoms in total. The Morgan fingerprint density at radius 3 is 2.84 bits per heavy atom. The molecular formula is C23H33IN4O3S. The number of benzene rings is 1. The summed E-state index contributed by atoms with van der Waals surface area (Å²) in [6.07, 6.45) is 2.78. The number of aryl methyl sites for hydroxylation is 1. The van der Waals surface area contributed by atoms with Crippen molar-refractivity contribution >= 4 is 47.2 Å². The van der Waals surface area contributed by atoms with Gasteiger partial charge >= 0.3 is 0 Å². The summed E-state index contributed by atoms with van der Waals surface area (Å²) in [4.78, 5) is 20.1. The third kappa shape index (κ3) is 7.26. The molecule has 1 aliphatic heterocycles. The van der Waals surface area contributed by atoms with E-state index >= 15 is 0 Å². The molecule has 1 aliphatic rings. The molecule has 2 aromatic rings. The molecule has 32 heavy (non-hydrogen) atoms. The number of carbonyl (C=O) groups excluding carboxylic acids is 1. The summed E-state index contributed by atoms with van der Waals surface area (Å²) in [6, 6.07) is 8.16. The Morgan fingerprint density at radius 1 is 1.25 bits per heavy atom. The SMILES string of the molecule is CCOc1cc(CCCNC(=NC)NCC(=O)N2CCc3sccc3C2)ccc1OC.I. The summed E-state index contributed by atoms with van der Waals surface area (Å²) >= 11 is 1.78. The molecule has 0 atom stereocenters. The third-order valence-electron chi connectivity index (χ3n) is 5.25. The molecule has 0 spiro atoms. The maximum Gasteiger partial charge on any atom is 0.242 e. The fourth-order valence-electron chi connectivity index (χ4n) is 3.60. The highest BCUT2D eigenvalue weighted by Crippen LogP contribution is 2.28. The van der Waals surface area contributed by atoms with Crippen molar-refractivity contribution in [2.75, 3.05) is 40.4 Å². The quantitative estimate of drug-likeness (QED) is 0.209. The molecule has 0 unspecified atom stereocenters. The molecule has 3 rings (SSSR count). The van der Waals surface area contributed by atoms with Gasteiger partial charge < -0.3 is 25.0 Å². The van der Waals surface area contributed by atoms with Crippen LogP contribution in [-0.4, -0.2) is 57.2 Å². The number of ether oxygens (including phenoxy) is 2. The molecule has 1 aromatic heterocycles. The normalized spacial score (nSPS) is 13.1. The van der Waals surface area contributed by atoms with Gasteiger partial charge in [-0.15, -0.1) is 35.3 Å². The molecule has 1 aromatic carbocycles. The number of aliphatic imine (C=N–C) groups is 1. The van der Waals surface area contributed by atoms with Crippen LogP contribution in [-0.2, 0) is 24.2 Å². The monoisotopic (exact) mass is 572 g/mol. The van der Waals surface area contributed by atoms with E-state index < -0.39 is 0 Å². The molecule has 1 amide bonds. The van der Waals surface area contributed by atoms with Crippen LogP contribution in [0, 0.1) is 0 Å². The predicted molar refractivity (Wildman–Crippen MR) is 141 cm³/mol. The van der Waals surface area contributed by atoms with E-state index in [-0.39, 0.29) is 36.4 Å². The number of nitrogens with one attached hydrogen (secondary N) is 2. The first kappa shape index (κ1) is 26.2. The van der Waals surface area contributed by atoms with E-state index in [1.54, 1.807) is 25.5 Å². The number of nitrogens with zero attached hydrogens (tertiary/aromatic N) is 2. The maximum atomic E-state index is 12.6. The smallest absolute Gasteiger partial charge is 0.242 e. The van der Waals surface area contributed by atoms with Gasteiger partial charge in [0.15, 0.2) is 17.5 Å². The Bertz CT molecular complexity index is 903. The van der Waals surface area contributed by atoms with Gasteiger partial charge in [-0.2, -0.15) is 0 Å². The maximum absolute atomic E-state index is 12.6. The fraction of sp³-hybridized carbons (Fsp3) is 0.478. The van der Waals surface area contributed by atoms with Crippen LogP contribution < -0.4 is 20.1 Å². The molecule has 0 saturated heterocycles. The van der Waals surface area contributed by atoms with Gasteiger partial charge in [-0.25, -0.2) is 0 Å². The number of guanidine groups is 1. The van der Waals surface area contributed by atoms with Gasteiger partial charge in [0.25, 0.3) is 0 Å². The van der Waals surface area contributed by atoms with Crippen molar-refractivity contribution in [1.29, 1.82) is 0 Å². The number of hydrogen-bond acceptors (Lipinski definition) is 5. The second-order valence-electron chi connectivity index (χ2n) is 7.31. The summed E-state index contributed by atoms with van der Waals surface area (Å²) in [5, 5.41) is 8.53. The van der Waals surface area contributed by atoms with Gasteiger partial charge in [0, 0.05) is 31.6 Å². The molecule has 0 aliphatic carbocycles.